The molecule has 3 aromatic carbocycles. The summed E-state index contributed by atoms with van der Waals surface area (Å²) in [6.07, 6.45) is 6.01. The molecule has 0 unspecified atom stereocenters. The average Bonchev–Trinajstić information content (AvgIpc) is 3.93. The molecule has 47 heavy (non-hydrogen) atoms. The summed E-state index contributed by atoms with van der Waals surface area (Å²) in [5.74, 6) is 1.05. The molecule has 0 bridgehead atoms. The molecule has 5 rings (SSSR count). The molecular weight excluding hydrogens is 613 g/mol. The van der Waals surface area contributed by atoms with Crippen molar-refractivity contribution in [2.45, 2.75) is 18.9 Å². The van der Waals surface area contributed by atoms with E-state index in [1.54, 1.807) is 24.3 Å². The number of ether oxygens (including phenoxy) is 6. The largest absolute Gasteiger partial charge is 0.493 e. The summed E-state index contributed by atoms with van der Waals surface area (Å²) in [7, 11) is 8.96. The number of rotatable bonds is 13. The second kappa shape index (κ2) is 14.1. The Hall–Kier alpha value is -5.79. The smallest absolute Gasteiger partial charge is 0.276 e. The topological polar surface area (TPSA) is 143 Å². The maximum absolute atomic E-state index is 15.3. The molecule has 4 aromatic rings. The third-order valence-electron chi connectivity index (χ3n) is 7.46. The van der Waals surface area contributed by atoms with E-state index in [0.717, 1.165) is 18.9 Å². The molecule has 1 fully saturated rings. The van der Waals surface area contributed by atoms with Crippen LogP contribution in [-0.2, 0) is 0 Å². The van der Waals surface area contributed by atoms with Gasteiger partial charge in [0.15, 0.2) is 23.0 Å². The van der Waals surface area contributed by atoms with E-state index in [0.29, 0.717) is 51.1 Å². The van der Waals surface area contributed by atoms with Crippen molar-refractivity contribution in [3.05, 3.63) is 75.3 Å². The van der Waals surface area contributed by atoms with E-state index in [4.69, 9.17) is 28.4 Å². The highest BCUT2D eigenvalue weighted by Crippen LogP contribution is 2.40. The Labute approximate surface area is 269 Å². The molecule has 0 spiro atoms. The molecule has 0 saturated heterocycles. The van der Waals surface area contributed by atoms with Crippen LogP contribution in [0.2, 0.25) is 0 Å². The summed E-state index contributed by atoms with van der Waals surface area (Å²) in [6, 6.07) is 9.33. The van der Waals surface area contributed by atoms with Crippen LogP contribution in [0, 0.1) is 5.82 Å². The molecule has 0 aliphatic heterocycles. The number of carbonyl (C=O) groups excluding carboxylic acids is 1. The minimum absolute atomic E-state index is 0.0436. The zero-order valence-electron chi connectivity index (χ0n) is 26.7. The number of carbonyl (C=O) groups is 1. The molecule has 1 aliphatic carbocycles. The van der Waals surface area contributed by atoms with Crippen molar-refractivity contribution in [2.75, 3.05) is 48.1 Å². The second-order valence-corrected chi connectivity index (χ2v) is 10.3. The van der Waals surface area contributed by atoms with Gasteiger partial charge in [0.2, 0.25) is 16.9 Å². The van der Waals surface area contributed by atoms with Gasteiger partial charge in [0.1, 0.15) is 11.4 Å². The molecule has 0 atom stereocenters. The average molecular weight is 648 g/mol. The highest BCUT2D eigenvalue weighted by molar-refractivity contribution is 5.98. The third-order valence-corrected chi connectivity index (χ3v) is 7.46. The van der Waals surface area contributed by atoms with Crippen LogP contribution in [0.1, 0.15) is 40.4 Å². The number of anilines is 1. The van der Waals surface area contributed by atoms with Crippen molar-refractivity contribution >= 4 is 34.9 Å². The van der Waals surface area contributed by atoms with Crippen molar-refractivity contribution in [1.29, 1.82) is 0 Å². The van der Waals surface area contributed by atoms with Gasteiger partial charge in [-0.05, 0) is 49.2 Å². The number of halogens is 1. The van der Waals surface area contributed by atoms with Gasteiger partial charge < -0.3 is 33.0 Å². The van der Waals surface area contributed by atoms with E-state index in [1.165, 1.54) is 67.4 Å². The Bertz CT molecular complexity index is 1890. The predicted octanol–water partition coefficient (Wildman–Crippen LogP) is 4.74. The van der Waals surface area contributed by atoms with E-state index in [-0.39, 0.29) is 22.7 Å². The number of fused-ring (bicyclic) bond motifs is 1. The van der Waals surface area contributed by atoms with Crippen LogP contribution in [0.3, 0.4) is 0 Å². The van der Waals surface area contributed by atoms with Crippen LogP contribution in [0.5, 0.6) is 34.5 Å². The Morgan fingerprint density at radius 3 is 1.77 bits per heavy atom. The third kappa shape index (κ3) is 6.76. The van der Waals surface area contributed by atoms with Crippen molar-refractivity contribution in [2.24, 2.45) is 10.2 Å². The molecule has 14 heteroatoms. The van der Waals surface area contributed by atoms with Crippen LogP contribution < -0.4 is 44.7 Å². The van der Waals surface area contributed by atoms with E-state index in [1.807, 2.05) is 4.57 Å². The minimum atomic E-state index is -0.743. The number of methoxy groups -OCH3 is 6. The van der Waals surface area contributed by atoms with Crippen LogP contribution in [0.4, 0.5) is 10.1 Å². The Balaban J connectivity index is 1.41. The van der Waals surface area contributed by atoms with E-state index < -0.39 is 17.2 Å². The standard InChI is InChI=1S/C33H34FN5O8/c1-42-26-9-18(10-27(43-2)31(26)46-5)15-35-37-24-14-25-21(13-23(24)34)30(40)22(17-39(25)20-7-8-20)33(41)38-36-16-19-11-28(44-3)32(47-6)29(12-19)45-4/h9-17,20,37H,7-8H2,1-6H3,(H,38,41)/b35-15+,36-16+. The molecule has 1 aliphatic rings. The molecule has 1 saturated carbocycles. The maximum Gasteiger partial charge on any atom is 0.276 e. The fourth-order valence-corrected chi connectivity index (χ4v) is 5.03. The number of aromatic nitrogens is 1. The number of hydrazone groups is 2. The molecule has 1 aromatic heterocycles. The van der Waals surface area contributed by atoms with Gasteiger partial charge in [-0.3, -0.25) is 15.0 Å². The monoisotopic (exact) mass is 647 g/mol. The summed E-state index contributed by atoms with van der Waals surface area (Å²) in [4.78, 5) is 26.6. The van der Waals surface area contributed by atoms with Gasteiger partial charge in [-0.2, -0.15) is 10.2 Å². The first kappa shape index (κ1) is 32.6. The van der Waals surface area contributed by atoms with E-state index in [2.05, 4.69) is 21.1 Å². The van der Waals surface area contributed by atoms with E-state index >= 15 is 4.39 Å². The van der Waals surface area contributed by atoms with Crippen molar-refractivity contribution in [3.63, 3.8) is 0 Å². The molecule has 13 nitrogen and oxygen atoms in total. The lowest BCUT2D eigenvalue weighted by Gasteiger charge is -2.14. The first-order chi connectivity index (χ1) is 22.8. The summed E-state index contributed by atoms with van der Waals surface area (Å²) >= 11 is 0. The number of amides is 1. The quantitative estimate of drug-likeness (QED) is 0.155. The maximum atomic E-state index is 15.3. The van der Waals surface area contributed by atoms with E-state index in [9.17, 15) is 9.59 Å². The van der Waals surface area contributed by atoms with Gasteiger partial charge >= 0.3 is 0 Å². The molecule has 1 amide bonds. The lowest BCUT2D eigenvalue weighted by Crippen LogP contribution is -2.27. The van der Waals surface area contributed by atoms with Crippen LogP contribution in [0.25, 0.3) is 10.9 Å². The number of nitrogens with one attached hydrogen (secondary N) is 2. The first-order valence-electron chi connectivity index (χ1n) is 14.4. The van der Waals surface area contributed by atoms with Crippen LogP contribution in [0.15, 0.2) is 57.6 Å². The molecule has 246 valence electrons. The van der Waals surface area contributed by atoms with Crippen molar-refractivity contribution < 1.29 is 37.6 Å². The number of pyridine rings is 1. The Morgan fingerprint density at radius 2 is 1.30 bits per heavy atom. The lowest BCUT2D eigenvalue weighted by atomic mass is 10.1. The van der Waals surface area contributed by atoms with Gasteiger partial charge in [0, 0.05) is 28.8 Å². The summed E-state index contributed by atoms with van der Waals surface area (Å²) in [5, 5.41) is 8.24. The van der Waals surface area contributed by atoms with Gasteiger partial charge in [-0.1, -0.05) is 0 Å². The number of nitrogens with zero attached hydrogens (tertiary/aromatic N) is 3. The first-order valence-corrected chi connectivity index (χ1v) is 14.4. The van der Waals surface area contributed by atoms with Gasteiger partial charge in [0.05, 0.1) is 66.3 Å². The van der Waals surface area contributed by atoms with Gasteiger partial charge in [-0.15, -0.1) is 0 Å². The Kier molecular flexibility index (Phi) is 9.78. The SMILES string of the molecule is COc1cc(/C=N/NC(=O)c2cn(C3CC3)c3cc(N/N=C/c4cc(OC)c(OC)c(OC)c4)c(F)cc3c2=O)cc(OC)c1OC. The van der Waals surface area contributed by atoms with Gasteiger partial charge in [0.25, 0.3) is 5.91 Å². The molecule has 0 radical (unpaired) electrons. The van der Waals surface area contributed by atoms with Crippen LogP contribution >= 0.6 is 0 Å². The number of benzene rings is 3. The second-order valence-electron chi connectivity index (χ2n) is 10.3. The predicted molar refractivity (Wildman–Crippen MR) is 175 cm³/mol. The number of hydrogen-bond acceptors (Lipinski definition) is 11. The minimum Gasteiger partial charge on any atom is -0.493 e. The zero-order valence-corrected chi connectivity index (χ0v) is 26.7. The Morgan fingerprint density at radius 1 is 0.787 bits per heavy atom. The zero-order chi connectivity index (χ0) is 33.7. The lowest BCUT2D eigenvalue weighted by molar-refractivity contribution is 0.0953. The fourth-order valence-electron chi connectivity index (χ4n) is 5.03. The normalized spacial score (nSPS) is 12.7. The molecular formula is C33H34FN5O8. The van der Waals surface area contributed by atoms with Crippen LogP contribution in [-0.4, -0.2) is 65.6 Å². The van der Waals surface area contributed by atoms with Crippen molar-refractivity contribution in [1.82, 2.24) is 9.99 Å². The molecule has 2 N–H and O–H groups in total. The summed E-state index contributed by atoms with van der Waals surface area (Å²) in [6.45, 7) is 0. The number of hydrogen-bond donors (Lipinski definition) is 2. The highest BCUT2D eigenvalue weighted by Gasteiger charge is 2.27. The summed E-state index contributed by atoms with van der Waals surface area (Å²) < 4.78 is 49.2. The van der Waals surface area contributed by atoms with Crippen molar-refractivity contribution in [3.8, 4) is 34.5 Å². The van der Waals surface area contributed by atoms with Gasteiger partial charge in [-0.25, -0.2) is 9.82 Å². The molecule has 1 heterocycles. The summed E-state index contributed by atoms with van der Waals surface area (Å²) in [5.41, 5.74) is 5.94. The fraction of sp³-hybridized carbons (Fsp3) is 0.273. The highest BCUT2D eigenvalue weighted by atomic mass is 19.1.